The molecule has 0 fully saturated rings. The van der Waals surface area contributed by atoms with Gasteiger partial charge in [0.2, 0.25) is 0 Å². The molecular weight excluding hydrogens is 310 g/mol. The molecule has 25 heavy (non-hydrogen) atoms. The molecule has 0 aliphatic rings. The number of aromatic nitrogens is 2. The van der Waals surface area contributed by atoms with Gasteiger partial charge in [-0.2, -0.15) is 5.10 Å². The van der Waals surface area contributed by atoms with Gasteiger partial charge in [-0.3, -0.25) is 4.79 Å². The van der Waals surface area contributed by atoms with E-state index in [1.807, 2.05) is 74.0 Å². The zero-order chi connectivity index (χ0) is 18.0. The number of carbonyl (C=O) groups is 1. The molecule has 0 radical (unpaired) electrons. The zero-order valence-electron chi connectivity index (χ0n) is 15.1. The minimum Gasteiger partial charge on any atom is -0.345 e. The summed E-state index contributed by atoms with van der Waals surface area (Å²) >= 11 is 0. The van der Waals surface area contributed by atoms with E-state index in [9.17, 15) is 4.79 Å². The van der Waals surface area contributed by atoms with E-state index in [4.69, 9.17) is 0 Å². The van der Waals surface area contributed by atoms with Gasteiger partial charge >= 0.3 is 0 Å². The van der Waals surface area contributed by atoms with Gasteiger partial charge in [0.05, 0.1) is 28.7 Å². The van der Waals surface area contributed by atoms with E-state index >= 15 is 0 Å². The van der Waals surface area contributed by atoms with Crippen LogP contribution in [0.1, 0.15) is 45.8 Å². The van der Waals surface area contributed by atoms with Gasteiger partial charge < -0.3 is 5.32 Å². The molecule has 0 unspecified atom stereocenters. The van der Waals surface area contributed by atoms with Crippen LogP contribution in [0.3, 0.4) is 0 Å². The summed E-state index contributed by atoms with van der Waals surface area (Å²) in [5, 5.41) is 7.66. The van der Waals surface area contributed by atoms with Crippen molar-refractivity contribution >= 4 is 5.91 Å². The Morgan fingerprint density at radius 3 is 2.32 bits per heavy atom. The van der Waals surface area contributed by atoms with Crippen molar-refractivity contribution in [3.05, 3.63) is 82.7 Å². The van der Waals surface area contributed by atoms with E-state index in [2.05, 4.69) is 23.4 Å². The molecule has 1 heterocycles. The summed E-state index contributed by atoms with van der Waals surface area (Å²) in [4.78, 5) is 12.9. The Morgan fingerprint density at radius 2 is 1.64 bits per heavy atom. The number of rotatable bonds is 4. The minimum atomic E-state index is -0.0899. The number of benzene rings is 2. The van der Waals surface area contributed by atoms with Crippen molar-refractivity contribution in [1.82, 2.24) is 15.1 Å². The van der Waals surface area contributed by atoms with Crippen LogP contribution in [0.25, 0.3) is 5.69 Å². The molecule has 1 amide bonds. The van der Waals surface area contributed by atoms with E-state index in [-0.39, 0.29) is 11.9 Å². The third kappa shape index (κ3) is 3.33. The first-order chi connectivity index (χ1) is 12.0. The molecule has 0 aliphatic heterocycles. The normalized spacial score (nSPS) is 12.0. The number of hydrogen-bond donors (Lipinski definition) is 1. The van der Waals surface area contributed by atoms with Crippen LogP contribution in [0.15, 0.2) is 54.6 Å². The largest absolute Gasteiger partial charge is 0.345 e. The Balaban J connectivity index is 1.88. The second-order valence-corrected chi connectivity index (χ2v) is 6.34. The average Bonchev–Trinajstić information content (AvgIpc) is 2.90. The molecule has 4 nitrogen and oxygen atoms in total. The monoisotopic (exact) mass is 333 g/mol. The number of para-hydroxylation sites is 1. The van der Waals surface area contributed by atoms with Crippen LogP contribution in [-0.4, -0.2) is 15.7 Å². The molecule has 0 spiro atoms. The highest BCUT2D eigenvalue weighted by Gasteiger charge is 2.21. The SMILES string of the molecule is Cc1ccccc1[C@H](C)NC(=O)c1c(C)nn(-c2ccccc2)c1C. The fraction of sp³-hybridized carbons (Fsp3) is 0.238. The Hall–Kier alpha value is -2.88. The van der Waals surface area contributed by atoms with Crippen molar-refractivity contribution in [3.8, 4) is 5.69 Å². The average molecular weight is 333 g/mol. The number of amides is 1. The lowest BCUT2D eigenvalue weighted by Gasteiger charge is -2.16. The Morgan fingerprint density at radius 1 is 1.00 bits per heavy atom. The summed E-state index contributed by atoms with van der Waals surface area (Å²) in [5.41, 5.74) is 5.47. The molecule has 128 valence electrons. The van der Waals surface area contributed by atoms with Gasteiger partial charge in [-0.15, -0.1) is 0 Å². The van der Waals surface area contributed by atoms with Crippen LogP contribution < -0.4 is 5.32 Å². The molecule has 2 aromatic carbocycles. The maximum absolute atomic E-state index is 12.9. The molecule has 0 bridgehead atoms. The number of nitrogens with zero attached hydrogens (tertiary/aromatic N) is 2. The van der Waals surface area contributed by atoms with Crippen LogP contribution in [0.5, 0.6) is 0 Å². The molecule has 1 N–H and O–H groups in total. The van der Waals surface area contributed by atoms with Crippen LogP contribution in [-0.2, 0) is 0 Å². The van der Waals surface area contributed by atoms with Gasteiger partial charge in [0.25, 0.3) is 5.91 Å². The van der Waals surface area contributed by atoms with Gasteiger partial charge in [0.15, 0.2) is 0 Å². The topological polar surface area (TPSA) is 46.9 Å². The van der Waals surface area contributed by atoms with Crippen molar-refractivity contribution in [2.45, 2.75) is 33.7 Å². The highest BCUT2D eigenvalue weighted by molar-refractivity contribution is 5.96. The number of carbonyl (C=O) groups excluding carboxylic acids is 1. The van der Waals surface area contributed by atoms with E-state index < -0.39 is 0 Å². The van der Waals surface area contributed by atoms with E-state index in [0.29, 0.717) is 5.56 Å². The molecule has 1 aromatic heterocycles. The van der Waals surface area contributed by atoms with Crippen LogP contribution in [0, 0.1) is 20.8 Å². The van der Waals surface area contributed by atoms with Crippen molar-refractivity contribution in [1.29, 1.82) is 0 Å². The molecule has 0 saturated heterocycles. The number of nitrogens with one attached hydrogen (secondary N) is 1. The third-order valence-electron chi connectivity index (χ3n) is 4.52. The summed E-state index contributed by atoms with van der Waals surface area (Å²) < 4.78 is 1.82. The van der Waals surface area contributed by atoms with Crippen molar-refractivity contribution in [2.24, 2.45) is 0 Å². The fourth-order valence-corrected chi connectivity index (χ4v) is 3.21. The van der Waals surface area contributed by atoms with Gasteiger partial charge in [-0.25, -0.2) is 4.68 Å². The van der Waals surface area contributed by atoms with E-state index in [1.54, 1.807) is 0 Å². The van der Waals surface area contributed by atoms with E-state index in [1.165, 1.54) is 5.56 Å². The highest BCUT2D eigenvalue weighted by Crippen LogP contribution is 2.21. The lowest BCUT2D eigenvalue weighted by molar-refractivity contribution is 0.0938. The van der Waals surface area contributed by atoms with Crippen LogP contribution >= 0.6 is 0 Å². The van der Waals surface area contributed by atoms with Gasteiger partial charge in [0.1, 0.15) is 0 Å². The molecule has 0 saturated carbocycles. The van der Waals surface area contributed by atoms with Gasteiger partial charge in [-0.05, 0) is 51.0 Å². The quantitative estimate of drug-likeness (QED) is 0.774. The van der Waals surface area contributed by atoms with E-state index in [0.717, 1.165) is 22.6 Å². The number of aryl methyl sites for hydroxylation is 2. The predicted octanol–water partition coefficient (Wildman–Crippen LogP) is 4.29. The lowest BCUT2D eigenvalue weighted by Crippen LogP contribution is -2.28. The summed E-state index contributed by atoms with van der Waals surface area (Å²) in [6.45, 7) is 7.87. The first kappa shape index (κ1) is 17.0. The second kappa shape index (κ2) is 6.93. The third-order valence-corrected chi connectivity index (χ3v) is 4.52. The first-order valence-corrected chi connectivity index (χ1v) is 8.47. The van der Waals surface area contributed by atoms with Crippen LogP contribution in [0.2, 0.25) is 0 Å². The summed E-state index contributed by atoms with van der Waals surface area (Å²) in [5.74, 6) is -0.0899. The molecule has 3 aromatic rings. The first-order valence-electron chi connectivity index (χ1n) is 8.47. The summed E-state index contributed by atoms with van der Waals surface area (Å²) in [6, 6.07) is 17.9. The molecule has 1 atom stereocenters. The van der Waals surface area contributed by atoms with Crippen molar-refractivity contribution < 1.29 is 4.79 Å². The molecular formula is C21H23N3O. The fourth-order valence-electron chi connectivity index (χ4n) is 3.21. The van der Waals surface area contributed by atoms with Gasteiger partial charge in [0, 0.05) is 0 Å². The predicted molar refractivity (Wildman–Crippen MR) is 100 cm³/mol. The Kier molecular flexibility index (Phi) is 4.70. The van der Waals surface area contributed by atoms with Gasteiger partial charge in [-0.1, -0.05) is 42.5 Å². The smallest absolute Gasteiger partial charge is 0.255 e. The lowest BCUT2D eigenvalue weighted by atomic mass is 10.0. The second-order valence-electron chi connectivity index (χ2n) is 6.34. The molecule has 0 aliphatic carbocycles. The van der Waals surface area contributed by atoms with Crippen LogP contribution in [0.4, 0.5) is 0 Å². The Bertz CT molecular complexity index is 897. The maximum atomic E-state index is 12.9. The summed E-state index contributed by atoms with van der Waals surface area (Å²) in [6.07, 6.45) is 0. The standard InChI is InChI=1S/C21H23N3O/c1-14-10-8-9-13-19(14)15(2)22-21(25)20-16(3)23-24(17(20)4)18-11-6-5-7-12-18/h5-13,15H,1-4H3,(H,22,25)/t15-/m0/s1. The van der Waals surface area contributed by atoms with Crippen molar-refractivity contribution in [2.75, 3.05) is 0 Å². The number of hydrogen-bond acceptors (Lipinski definition) is 2. The summed E-state index contributed by atoms with van der Waals surface area (Å²) in [7, 11) is 0. The van der Waals surface area contributed by atoms with Crippen molar-refractivity contribution in [3.63, 3.8) is 0 Å². The Labute approximate surface area is 148 Å². The minimum absolute atomic E-state index is 0.0624. The highest BCUT2D eigenvalue weighted by atomic mass is 16.1. The maximum Gasteiger partial charge on any atom is 0.255 e. The molecule has 4 heteroatoms. The zero-order valence-corrected chi connectivity index (χ0v) is 15.1. The molecule has 3 rings (SSSR count).